The predicted molar refractivity (Wildman–Crippen MR) is 82.8 cm³/mol. The van der Waals surface area contributed by atoms with Crippen molar-refractivity contribution in [1.82, 2.24) is 9.78 Å². The van der Waals surface area contributed by atoms with Crippen LogP contribution in [0.25, 0.3) is 0 Å². The second-order valence-electron chi connectivity index (χ2n) is 4.90. The van der Waals surface area contributed by atoms with E-state index >= 15 is 0 Å². The molecule has 0 saturated heterocycles. The maximum absolute atomic E-state index is 11.4. The molecule has 8 heteroatoms. The number of primary sulfonamides is 1. The third-order valence-corrected chi connectivity index (χ3v) is 4.40. The first-order chi connectivity index (χ1) is 9.68. The Labute approximate surface area is 129 Å². The predicted octanol–water partition coefficient (Wildman–Crippen LogP) is 2.20. The van der Waals surface area contributed by atoms with Gasteiger partial charge in [0.1, 0.15) is 0 Å². The molecule has 6 nitrogen and oxygen atoms in total. The fourth-order valence-corrected chi connectivity index (χ4v) is 2.86. The summed E-state index contributed by atoms with van der Waals surface area (Å²) >= 11 is 6.10. The highest BCUT2D eigenvalue weighted by Crippen LogP contribution is 2.29. The lowest BCUT2D eigenvalue weighted by Crippen LogP contribution is -2.13. The van der Waals surface area contributed by atoms with Gasteiger partial charge in [-0.3, -0.25) is 4.68 Å². The maximum Gasteiger partial charge on any atom is 0.238 e. The van der Waals surface area contributed by atoms with Gasteiger partial charge in [0.05, 0.1) is 27.3 Å². The van der Waals surface area contributed by atoms with Crippen LogP contribution in [0.4, 0.5) is 5.69 Å². The van der Waals surface area contributed by atoms with Crippen LogP contribution >= 0.6 is 11.6 Å². The number of nitrogens with one attached hydrogen (secondary N) is 1. The van der Waals surface area contributed by atoms with E-state index in [4.69, 9.17) is 16.7 Å². The SMILES string of the molecule is Cc1nn(C)cc1C(C)Nc1cc(S(N)(=O)=O)ccc1Cl. The number of benzene rings is 1. The monoisotopic (exact) mass is 328 g/mol. The Hall–Kier alpha value is -1.57. The third-order valence-electron chi connectivity index (χ3n) is 3.16. The van der Waals surface area contributed by atoms with Crippen LogP contribution in [0, 0.1) is 6.92 Å². The molecule has 2 aromatic rings. The van der Waals surface area contributed by atoms with Crippen LogP contribution < -0.4 is 10.5 Å². The Morgan fingerprint density at radius 1 is 1.43 bits per heavy atom. The van der Waals surface area contributed by atoms with Gasteiger partial charge in [0.15, 0.2) is 0 Å². The summed E-state index contributed by atoms with van der Waals surface area (Å²) in [6, 6.07) is 4.24. The molecule has 1 unspecified atom stereocenters. The van der Waals surface area contributed by atoms with E-state index in [1.165, 1.54) is 18.2 Å². The first kappa shape index (κ1) is 15.8. The molecule has 0 amide bonds. The third kappa shape index (κ3) is 3.55. The van der Waals surface area contributed by atoms with Gasteiger partial charge < -0.3 is 5.32 Å². The van der Waals surface area contributed by atoms with Crippen LogP contribution in [0.2, 0.25) is 5.02 Å². The highest BCUT2D eigenvalue weighted by atomic mass is 35.5. The van der Waals surface area contributed by atoms with Crippen molar-refractivity contribution >= 4 is 27.3 Å². The minimum absolute atomic E-state index is 0.0181. The topological polar surface area (TPSA) is 90.0 Å². The van der Waals surface area contributed by atoms with Gasteiger partial charge in [0.25, 0.3) is 0 Å². The number of aromatic nitrogens is 2. The Bertz CT molecular complexity index is 770. The Morgan fingerprint density at radius 3 is 2.62 bits per heavy atom. The van der Waals surface area contributed by atoms with Crippen LogP contribution in [0.15, 0.2) is 29.3 Å². The van der Waals surface area contributed by atoms with Gasteiger partial charge in [-0.2, -0.15) is 5.10 Å². The van der Waals surface area contributed by atoms with E-state index in [-0.39, 0.29) is 10.9 Å². The largest absolute Gasteiger partial charge is 0.377 e. The van der Waals surface area contributed by atoms with Crippen molar-refractivity contribution in [3.8, 4) is 0 Å². The first-order valence-corrected chi connectivity index (χ1v) is 8.20. The van der Waals surface area contributed by atoms with Crippen LogP contribution in [0.3, 0.4) is 0 Å². The number of nitrogens with two attached hydrogens (primary N) is 1. The van der Waals surface area contributed by atoms with Crippen molar-refractivity contribution in [2.45, 2.75) is 24.8 Å². The zero-order chi connectivity index (χ0) is 15.8. The number of nitrogens with zero attached hydrogens (tertiary/aromatic N) is 2. The van der Waals surface area contributed by atoms with Crippen molar-refractivity contribution in [3.63, 3.8) is 0 Å². The highest BCUT2D eigenvalue weighted by molar-refractivity contribution is 7.89. The molecule has 114 valence electrons. The molecule has 2 rings (SSSR count). The number of anilines is 1. The molecule has 1 heterocycles. The minimum Gasteiger partial charge on any atom is -0.377 e. The van der Waals surface area contributed by atoms with Crippen molar-refractivity contribution in [2.24, 2.45) is 12.2 Å². The van der Waals surface area contributed by atoms with Gasteiger partial charge in [0.2, 0.25) is 10.0 Å². The molecule has 1 aromatic heterocycles. The zero-order valence-electron chi connectivity index (χ0n) is 12.0. The van der Waals surface area contributed by atoms with Crippen LogP contribution in [-0.4, -0.2) is 18.2 Å². The van der Waals surface area contributed by atoms with E-state index in [1.807, 2.05) is 27.1 Å². The first-order valence-electron chi connectivity index (χ1n) is 6.27. The molecule has 3 N–H and O–H groups in total. The molecule has 0 aliphatic carbocycles. The number of rotatable bonds is 4. The summed E-state index contributed by atoms with van der Waals surface area (Å²) in [6.07, 6.45) is 1.91. The standard InChI is InChI=1S/C13H17ClN4O2S/c1-8(11-7-18(3)17-9(11)2)16-13-6-10(21(15,19)20)4-5-12(13)14/h4-8,16H,1-3H3,(H2,15,19,20). The van der Waals surface area contributed by atoms with E-state index < -0.39 is 10.0 Å². The van der Waals surface area contributed by atoms with Crippen LogP contribution in [0.1, 0.15) is 24.2 Å². The summed E-state index contributed by atoms with van der Waals surface area (Å²) < 4.78 is 24.5. The number of hydrogen-bond acceptors (Lipinski definition) is 4. The van der Waals surface area contributed by atoms with E-state index in [2.05, 4.69) is 10.4 Å². The lowest BCUT2D eigenvalue weighted by atomic mass is 10.1. The van der Waals surface area contributed by atoms with Gasteiger partial charge >= 0.3 is 0 Å². The van der Waals surface area contributed by atoms with Crippen LogP contribution in [0.5, 0.6) is 0 Å². The molecule has 0 radical (unpaired) electrons. The van der Waals surface area contributed by atoms with E-state index in [0.29, 0.717) is 10.7 Å². The van der Waals surface area contributed by atoms with Gasteiger partial charge in [-0.05, 0) is 32.0 Å². The van der Waals surface area contributed by atoms with Gasteiger partial charge in [-0.1, -0.05) is 11.6 Å². The highest BCUT2D eigenvalue weighted by Gasteiger charge is 2.15. The molecule has 1 aromatic carbocycles. The average molecular weight is 329 g/mol. The number of aryl methyl sites for hydroxylation is 2. The van der Waals surface area contributed by atoms with Crippen molar-refractivity contribution < 1.29 is 8.42 Å². The molecular weight excluding hydrogens is 312 g/mol. The van der Waals surface area contributed by atoms with Crippen molar-refractivity contribution in [3.05, 3.63) is 40.7 Å². The van der Waals surface area contributed by atoms with E-state index in [9.17, 15) is 8.42 Å². The summed E-state index contributed by atoms with van der Waals surface area (Å²) in [5.41, 5.74) is 2.42. The summed E-state index contributed by atoms with van der Waals surface area (Å²) in [5.74, 6) is 0. The summed E-state index contributed by atoms with van der Waals surface area (Å²) in [4.78, 5) is 0.0181. The molecule has 21 heavy (non-hydrogen) atoms. The lowest BCUT2D eigenvalue weighted by Gasteiger charge is -2.16. The summed E-state index contributed by atoms with van der Waals surface area (Å²) in [5, 5.41) is 13.0. The Balaban J connectivity index is 2.33. The quantitative estimate of drug-likeness (QED) is 0.900. The molecule has 0 spiro atoms. The number of hydrogen-bond donors (Lipinski definition) is 2. The van der Waals surface area contributed by atoms with E-state index in [1.54, 1.807) is 4.68 Å². The van der Waals surface area contributed by atoms with Gasteiger partial charge in [-0.15, -0.1) is 0 Å². The second kappa shape index (κ2) is 5.67. The summed E-state index contributed by atoms with van der Waals surface area (Å²) in [7, 11) is -1.92. The van der Waals surface area contributed by atoms with Crippen molar-refractivity contribution in [1.29, 1.82) is 0 Å². The molecule has 0 fully saturated rings. The molecule has 0 bridgehead atoms. The average Bonchev–Trinajstić information content (AvgIpc) is 2.70. The lowest BCUT2D eigenvalue weighted by molar-refractivity contribution is 0.598. The summed E-state index contributed by atoms with van der Waals surface area (Å²) in [6.45, 7) is 3.86. The smallest absolute Gasteiger partial charge is 0.238 e. The van der Waals surface area contributed by atoms with Gasteiger partial charge in [-0.25, -0.2) is 13.6 Å². The molecule has 1 atom stereocenters. The molecule has 0 aliphatic rings. The maximum atomic E-state index is 11.4. The Kier molecular flexibility index (Phi) is 4.27. The fraction of sp³-hybridized carbons (Fsp3) is 0.308. The molecule has 0 aliphatic heterocycles. The normalized spacial score (nSPS) is 13.2. The number of halogens is 1. The molecule has 0 saturated carbocycles. The van der Waals surface area contributed by atoms with Crippen LogP contribution in [-0.2, 0) is 17.1 Å². The second-order valence-corrected chi connectivity index (χ2v) is 6.86. The zero-order valence-corrected chi connectivity index (χ0v) is 13.5. The Morgan fingerprint density at radius 2 is 2.10 bits per heavy atom. The molecular formula is C13H17ClN4O2S. The van der Waals surface area contributed by atoms with E-state index in [0.717, 1.165) is 11.3 Å². The number of sulfonamides is 1. The fourth-order valence-electron chi connectivity index (χ4n) is 2.15. The minimum atomic E-state index is -3.76. The van der Waals surface area contributed by atoms with Gasteiger partial charge in [0, 0.05) is 18.8 Å². The van der Waals surface area contributed by atoms with Crippen molar-refractivity contribution in [2.75, 3.05) is 5.32 Å².